The third-order valence-corrected chi connectivity index (χ3v) is 2.58. The second kappa shape index (κ2) is 5.37. The van der Waals surface area contributed by atoms with Gasteiger partial charge in [0.25, 0.3) is 0 Å². The van der Waals surface area contributed by atoms with E-state index in [4.69, 9.17) is 0 Å². The maximum absolute atomic E-state index is 9.60. The summed E-state index contributed by atoms with van der Waals surface area (Å²) in [6.45, 7) is 3.99. The lowest BCUT2D eigenvalue weighted by molar-refractivity contribution is 0.320. The Morgan fingerprint density at radius 3 is 2.79 bits per heavy atom. The highest BCUT2D eigenvalue weighted by molar-refractivity contribution is 9.10. The van der Waals surface area contributed by atoms with Gasteiger partial charge in [0.1, 0.15) is 5.75 Å². The topological polar surface area (TPSA) is 23.5 Å². The molecule has 0 saturated carbocycles. The number of phenols is 1. The van der Waals surface area contributed by atoms with E-state index < -0.39 is 0 Å². The Kier molecular flexibility index (Phi) is 4.42. The van der Waals surface area contributed by atoms with Crippen molar-refractivity contribution >= 4 is 15.9 Å². The lowest BCUT2D eigenvalue weighted by Crippen LogP contribution is -2.18. The number of hydrogen-bond acceptors (Lipinski definition) is 2. The maximum Gasteiger partial charge on any atom is 0.120 e. The van der Waals surface area contributed by atoms with E-state index in [-0.39, 0.29) is 0 Å². The third kappa shape index (κ3) is 3.31. The standard InChI is InChI=1S/C11H16BrNO/c1-3-6-13(2)8-9-7-10(12)4-5-11(9)14/h4-5,7,14H,3,6,8H2,1-2H3. The molecule has 0 amide bonds. The van der Waals surface area contributed by atoms with Gasteiger partial charge in [-0.1, -0.05) is 22.9 Å². The molecule has 1 N–H and O–H groups in total. The number of nitrogens with zero attached hydrogens (tertiary/aromatic N) is 1. The molecule has 0 heterocycles. The molecule has 0 saturated heterocycles. The molecule has 0 aromatic heterocycles. The largest absolute Gasteiger partial charge is 0.508 e. The molecule has 14 heavy (non-hydrogen) atoms. The molecule has 0 aliphatic rings. The van der Waals surface area contributed by atoms with Crippen LogP contribution in [0.5, 0.6) is 5.75 Å². The van der Waals surface area contributed by atoms with Gasteiger partial charge < -0.3 is 10.0 Å². The van der Waals surface area contributed by atoms with E-state index in [0.29, 0.717) is 5.75 Å². The quantitative estimate of drug-likeness (QED) is 0.897. The predicted octanol–water partition coefficient (Wildman–Crippen LogP) is 3.00. The van der Waals surface area contributed by atoms with Crippen molar-refractivity contribution in [2.75, 3.05) is 13.6 Å². The van der Waals surface area contributed by atoms with E-state index in [1.54, 1.807) is 6.07 Å². The molecule has 0 aliphatic heterocycles. The van der Waals surface area contributed by atoms with Crippen molar-refractivity contribution in [2.45, 2.75) is 19.9 Å². The van der Waals surface area contributed by atoms with E-state index in [0.717, 1.165) is 29.5 Å². The Hall–Kier alpha value is -0.540. The van der Waals surface area contributed by atoms with Crippen LogP contribution in [-0.2, 0) is 6.54 Å². The minimum atomic E-state index is 0.371. The molecule has 0 unspecified atom stereocenters. The van der Waals surface area contributed by atoms with Gasteiger partial charge in [0.2, 0.25) is 0 Å². The van der Waals surface area contributed by atoms with Crippen LogP contribution in [0.2, 0.25) is 0 Å². The van der Waals surface area contributed by atoms with Crippen molar-refractivity contribution < 1.29 is 5.11 Å². The first-order chi connectivity index (χ1) is 6.63. The van der Waals surface area contributed by atoms with E-state index in [1.165, 1.54) is 0 Å². The molecule has 0 spiro atoms. The predicted molar refractivity (Wildman–Crippen MR) is 62.4 cm³/mol. The Labute approximate surface area is 93.7 Å². The number of phenolic OH excluding ortho intramolecular Hbond substituents is 1. The molecule has 0 fully saturated rings. The van der Waals surface area contributed by atoms with E-state index in [1.807, 2.05) is 12.1 Å². The SMILES string of the molecule is CCCN(C)Cc1cc(Br)ccc1O. The van der Waals surface area contributed by atoms with Crippen molar-refractivity contribution in [3.63, 3.8) is 0 Å². The summed E-state index contributed by atoms with van der Waals surface area (Å²) in [4.78, 5) is 2.20. The average Bonchev–Trinajstić information content (AvgIpc) is 2.12. The summed E-state index contributed by atoms with van der Waals surface area (Å²) < 4.78 is 1.01. The second-order valence-corrected chi connectivity index (χ2v) is 4.43. The summed E-state index contributed by atoms with van der Waals surface area (Å²) >= 11 is 3.40. The molecular formula is C11H16BrNO. The monoisotopic (exact) mass is 257 g/mol. The highest BCUT2D eigenvalue weighted by Crippen LogP contribution is 2.22. The molecule has 3 heteroatoms. The Bertz CT molecular complexity index is 301. The van der Waals surface area contributed by atoms with Gasteiger partial charge in [0.05, 0.1) is 0 Å². The van der Waals surface area contributed by atoms with Gasteiger partial charge >= 0.3 is 0 Å². The van der Waals surface area contributed by atoms with Gasteiger partial charge in [-0.25, -0.2) is 0 Å². The fraction of sp³-hybridized carbons (Fsp3) is 0.455. The van der Waals surface area contributed by atoms with Crippen LogP contribution < -0.4 is 0 Å². The zero-order chi connectivity index (χ0) is 10.6. The fourth-order valence-electron chi connectivity index (χ4n) is 1.43. The van der Waals surface area contributed by atoms with Crippen molar-refractivity contribution in [3.8, 4) is 5.75 Å². The summed E-state index contributed by atoms with van der Waals surface area (Å²) in [5, 5.41) is 9.60. The minimum absolute atomic E-state index is 0.371. The molecule has 1 aromatic rings. The summed E-state index contributed by atoms with van der Waals surface area (Å²) in [6, 6.07) is 5.53. The normalized spacial score (nSPS) is 10.9. The first kappa shape index (κ1) is 11.5. The van der Waals surface area contributed by atoms with Crippen LogP contribution in [0.3, 0.4) is 0 Å². The number of rotatable bonds is 4. The van der Waals surface area contributed by atoms with Gasteiger partial charge in [-0.2, -0.15) is 0 Å². The van der Waals surface area contributed by atoms with Gasteiger partial charge in [0.15, 0.2) is 0 Å². The maximum atomic E-state index is 9.60. The van der Waals surface area contributed by atoms with Crippen molar-refractivity contribution in [1.82, 2.24) is 4.90 Å². The minimum Gasteiger partial charge on any atom is -0.508 e. The summed E-state index contributed by atoms with van der Waals surface area (Å²) in [6.07, 6.45) is 1.13. The van der Waals surface area contributed by atoms with E-state index in [9.17, 15) is 5.11 Å². The molecule has 2 nitrogen and oxygen atoms in total. The number of halogens is 1. The van der Waals surface area contributed by atoms with Crippen LogP contribution in [-0.4, -0.2) is 23.6 Å². The lowest BCUT2D eigenvalue weighted by Gasteiger charge is -2.16. The number of aromatic hydroxyl groups is 1. The third-order valence-electron chi connectivity index (χ3n) is 2.09. The summed E-state index contributed by atoms with van der Waals surface area (Å²) in [7, 11) is 2.06. The molecular weight excluding hydrogens is 242 g/mol. The molecule has 0 atom stereocenters. The smallest absolute Gasteiger partial charge is 0.120 e. The van der Waals surface area contributed by atoms with Gasteiger partial charge in [-0.15, -0.1) is 0 Å². The zero-order valence-corrected chi connectivity index (χ0v) is 10.2. The number of benzene rings is 1. The van der Waals surface area contributed by atoms with Gasteiger partial charge in [-0.3, -0.25) is 0 Å². The van der Waals surface area contributed by atoms with Crippen LogP contribution >= 0.6 is 15.9 Å². The fourth-order valence-corrected chi connectivity index (χ4v) is 1.84. The first-order valence-electron chi connectivity index (χ1n) is 4.79. The Morgan fingerprint density at radius 2 is 2.14 bits per heavy atom. The van der Waals surface area contributed by atoms with Crippen LogP contribution in [0.15, 0.2) is 22.7 Å². The van der Waals surface area contributed by atoms with Crippen LogP contribution in [0.4, 0.5) is 0 Å². The van der Waals surface area contributed by atoms with Gasteiger partial charge in [-0.05, 0) is 38.2 Å². The average molecular weight is 258 g/mol. The molecule has 1 rings (SSSR count). The zero-order valence-electron chi connectivity index (χ0n) is 8.63. The number of hydrogen-bond donors (Lipinski definition) is 1. The van der Waals surface area contributed by atoms with Crippen molar-refractivity contribution in [2.24, 2.45) is 0 Å². The van der Waals surface area contributed by atoms with Gasteiger partial charge in [0, 0.05) is 16.6 Å². The van der Waals surface area contributed by atoms with Crippen molar-refractivity contribution in [1.29, 1.82) is 0 Å². The van der Waals surface area contributed by atoms with Crippen LogP contribution in [0.25, 0.3) is 0 Å². The van der Waals surface area contributed by atoms with Crippen LogP contribution in [0, 0.1) is 0 Å². The van der Waals surface area contributed by atoms with Crippen LogP contribution in [0.1, 0.15) is 18.9 Å². The molecule has 78 valence electrons. The Morgan fingerprint density at radius 1 is 1.43 bits per heavy atom. The first-order valence-corrected chi connectivity index (χ1v) is 5.58. The second-order valence-electron chi connectivity index (χ2n) is 3.51. The lowest BCUT2D eigenvalue weighted by atomic mass is 10.2. The Balaban J connectivity index is 2.70. The molecule has 0 radical (unpaired) electrons. The van der Waals surface area contributed by atoms with E-state index >= 15 is 0 Å². The highest BCUT2D eigenvalue weighted by atomic mass is 79.9. The van der Waals surface area contributed by atoms with E-state index in [2.05, 4.69) is 34.8 Å². The molecule has 0 bridgehead atoms. The summed E-state index contributed by atoms with van der Waals surface area (Å²) in [5.74, 6) is 0.371. The highest BCUT2D eigenvalue weighted by Gasteiger charge is 2.04. The summed E-state index contributed by atoms with van der Waals surface area (Å²) in [5.41, 5.74) is 0.968. The molecule has 1 aromatic carbocycles. The molecule has 0 aliphatic carbocycles. The van der Waals surface area contributed by atoms with Crippen molar-refractivity contribution in [3.05, 3.63) is 28.2 Å².